The predicted octanol–water partition coefficient (Wildman–Crippen LogP) is 3.52. The van der Waals surface area contributed by atoms with E-state index in [9.17, 15) is 13.6 Å². The molecule has 0 radical (unpaired) electrons. The third-order valence-electron chi connectivity index (χ3n) is 3.55. The fourth-order valence-electron chi connectivity index (χ4n) is 2.13. The van der Waals surface area contributed by atoms with Crippen LogP contribution in [0.1, 0.15) is 6.92 Å². The van der Waals surface area contributed by atoms with Gasteiger partial charge in [0.15, 0.2) is 0 Å². The van der Waals surface area contributed by atoms with Crippen molar-refractivity contribution in [2.24, 2.45) is 0 Å². The third-order valence-corrected chi connectivity index (χ3v) is 3.55. The molecule has 2 aromatic carbocycles. The summed E-state index contributed by atoms with van der Waals surface area (Å²) in [6.07, 6.45) is 0. The van der Waals surface area contributed by atoms with Gasteiger partial charge in [0, 0.05) is 11.4 Å². The highest BCUT2D eigenvalue weighted by Crippen LogP contribution is 2.19. The summed E-state index contributed by atoms with van der Waals surface area (Å²) in [5, 5.41) is 17.5. The first kappa shape index (κ1) is 19.0. The number of aromatic nitrogens is 3. The number of nitrogens with one attached hydrogen (secondary N) is 3. The van der Waals surface area contributed by atoms with Crippen molar-refractivity contribution in [3.63, 3.8) is 0 Å². The molecule has 3 rings (SSSR count). The lowest BCUT2D eigenvalue weighted by atomic mass is 10.3. The lowest BCUT2D eigenvalue weighted by molar-refractivity contribution is -0.137. The van der Waals surface area contributed by atoms with Gasteiger partial charge in [0.2, 0.25) is 17.8 Å². The quantitative estimate of drug-likeness (QED) is 0.488. The van der Waals surface area contributed by atoms with Crippen LogP contribution in [0.3, 0.4) is 0 Å². The van der Waals surface area contributed by atoms with Crippen molar-refractivity contribution in [3.8, 4) is 0 Å². The highest BCUT2D eigenvalue weighted by molar-refractivity contribution is 5.76. The molecule has 1 heterocycles. The molecular weight excluding hydrogens is 370 g/mol. The van der Waals surface area contributed by atoms with Crippen LogP contribution in [0.2, 0.25) is 0 Å². The number of carbonyl (C=O) groups is 1. The molecule has 0 spiro atoms. The van der Waals surface area contributed by atoms with Gasteiger partial charge in [-0.05, 0) is 55.5 Å². The molecule has 1 aromatic heterocycles. The number of benzene rings is 2. The van der Waals surface area contributed by atoms with Crippen molar-refractivity contribution in [2.45, 2.75) is 13.0 Å². The van der Waals surface area contributed by atoms with Gasteiger partial charge in [0.1, 0.15) is 17.7 Å². The van der Waals surface area contributed by atoms with Crippen molar-refractivity contribution in [1.82, 2.24) is 15.0 Å². The maximum Gasteiger partial charge on any atom is 0.325 e. The van der Waals surface area contributed by atoms with E-state index in [-0.39, 0.29) is 17.8 Å². The van der Waals surface area contributed by atoms with Gasteiger partial charge in [-0.3, -0.25) is 4.79 Å². The van der Waals surface area contributed by atoms with E-state index in [0.717, 1.165) is 0 Å². The number of carboxylic acids is 1. The molecular formula is C18H16F2N6O2. The van der Waals surface area contributed by atoms with E-state index in [0.29, 0.717) is 11.4 Å². The average Bonchev–Trinajstić information content (AvgIpc) is 2.65. The molecule has 28 heavy (non-hydrogen) atoms. The molecule has 0 bridgehead atoms. The summed E-state index contributed by atoms with van der Waals surface area (Å²) in [6.45, 7) is 1.44. The van der Waals surface area contributed by atoms with Gasteiger partial charge in [-0.15, -0.1) is 0 Å². The van der Waals surface area contributed by atoms with Crippen LogP contribution < -0.4 is 16.0 Å². The lowest BCUT2D eigenvalue weighted by Gasteiger charge is -2.13. The maximum atomic E-state index is 13.1. The Labute approximate surface area is 158 Å². The first-order valence-electron chi connectivity index (χ1n) is 8.19. The zero-order valence-corrected chi connectivity index (χ0v) is 14.6. The van der Waals surface area contributed by atoms with Gasteiger partial charge < -0.3 is 21.1 Å². The van der Waals surface area contributed by atoms with Crippen LogP contribution in [-0.4, -0.2) is 32.1 Å². The van der Waals surface area contributed by atoms with E-state index in [4.69, 9.17) is 5.11 Å². The summed E-state index contributed by atoms with van der Waals surface area (Å²) < 4.78 is 26.1. The van der Waals surface area contributed by atoms with Crippen LogP contribution in [0.25, 0.3) is 0 Å². The molecule has 1 unspecified atom stereocenters. The Morgan fingerprint density at radius 2 is 1.21 bits per heavy atom. The summed E-state index contributed by atoms with van der Waals surface area (Å²) in [7, 11) is 0. The third kappa shape index (κ3) is 5.10. The molecule has 3 aromatic rings. The zero-order valence-electron chi connectivity index (χ0n) is 14.6. The Morgan fingerprint density at radius 3 is 1.61 bits per heavy atom. The van der Waals surface area contributed by atoms with Crippen LogP contribution >= 0.6 is 0 Å². The average molecular weight is 386 g/mol. The van der Waals surface area contributed by atoms with E-state index >= 15 is 0 Å². The largest absolute Gasteiger partial charge is 0.480 e. The van der Waals surface area contributed by atoms with Crippen molar-refractivity contribution < 1.29 is 18.7 Å². The number of nitrogens with zero attached hydrogens (tertiary/aromatic N) is 3. The van der Waals surface area contributed by atoms with Crippen LogP contribution in [0.5, 0.6) is 0 Å². The topological polar surface area (TPSA) is 112 Å². The SMILES string of the molecule is CC(Nc1nc(Nc2ccc(F)cc2)nc(Nc2ccc(F)cc2)n1)C(=O)O. The van der Waals surface area contributed by atoms with Crippen molar-refractivity contribution >= 4 is 35.2 Å². The van der Waals surface area contributed by atoms with Crippen molar-refractivity contribution in [1.29, 1.82) is 0 Å². The smallest absolute Gasteiger partial charge is 0.325 e. The van der Waals surface area contributed by atoms with E-state index < -0.39 is 23.6 Å². The zero-order chi connectivity index (χ0) is 20.1. The van der Waals surface area contributed by atoms with E-state index in [2.05, 4.69) is 30.9 Å². The highest BCUT2D eigenvalue weighted by atomic mass is 19.1. The number of carboxylic acid groups (broad SMARTS) is 1. The number of rotatable bonds is 7. The molecule has 4 N–H and O–H groups in total. The van der Waals surface area contributed by atoms with Gasteiger partial charge in [0.25, 0.3) is 0 Å². The summed E-state index contributed by atoms with van der Waals surface area (Å²) in [6, 6.07) is 10.1. The van der Waals surface area contributed by atoms with Crippen LogP contribution in [0.15, 0.2) is 48.5 Å². The molecule has 0 fully saturated rings. The summed E-state index contributed by atoms with van der Waals surface area (Å²) in [5.74, 6) is -1.65. The molecule has 10 heteroatoms. The summed E-state index contributed by atoms with van der Waals surface area (Å²) in [4.78, 5) is 23.5. The lowest BCUT2D eigenvalue weighted by Crippen LogP contribution is -2.26. The number of halogens is 2. The van der Waals surface area contributed by atoms with E-state index in [1.807, 2.05) is 0 Å². The number of hydrogen-bond donors (Lipinski definition) is 4. The molecule has 8 nitrogen and oxygen atoms in total. The number of aliphatic carboxylic acids is 1. The number of anilines is 5. The van der Waals surface area contributed by atoms with E-state index in [1.54, 1.807) is 0 Å². The second kappa shape index (κ2) is 8.25. The molecule has 1 atom stereocenters. The number of hydrogen-bond acceptors (Lipinski definition) is 7. The van der Waals surface area contributed by atoms with Gasteiger partial charge >= 0.3 is 5.97 Å². The molecule has 0 amide bonds. The minimum absolute atomic E-state index is 0.0131. The molecule has 0 aliphatic carbocycles. The standard InChI is InChI=1S/C18H16F2N6O2/c1-10(15(27)28)21-16-24-17(22-13-6-2-11(19)3-7-13)26-18(25-16)23-14-8-4-12(20)5-9-14/h2-10H,1H3,(H,27,28)(H3,21,22,23,24,25,26). The molecule has 144 valence electrons. The second-order valence-electron chi connectivity index (χ2n) is 5.77. The monoisotopic (exact) mass is 386 g/mol. The Balaban J connectivity index is 1.89. The summed E-state index contributed by atoms with van der Waals surface area (Å²) in [5.41, 5.74) is 1.05. The van der Waals surface area contributed by atoms with Gasteiger partial charge in [-0.25, -0.2) is 8.78 Å². The normalized spacial score (nSPS) is 11.5. The van der Waals surface area contributed by atoms with Gasteiger partial charge in [-0.2, -0.15) is 15.0 Å². The van der Waals surface area contributed by atoms with Gasteiger partial charge in [0.05, 0.1) is 0 Å². The van der Waals surface area contributed by atoms with Crippen LogP contribution in [0.4, 0.5) is 38.0 Å². The Hall–Kier alpha value is -3.82. The molecule has 0 saturated heterocycles. The Bertz CT molecular complexity index is 901. The van der Waals surface area contributed by atoms with Gasteiger partial charge in [-0.1, -0.05) is 0 Å². The molecule has 0 aliphatic rings. The minimum atomic E-state index is -1.08. The maximum absolute atomic E-state index is 13.1. The van der Waals surface area contributed by atoms with Crippen LogP contribution in [0, 0.1) is 11.6 Å². The summed E-state index contributed by atoms with van der Waals surface area (Å²) >= 11 is 0. The predicted molar refractivity (Wildman–Crippen MR) is 99.9 cm³/mol. The van der Waals surface area contributed by atoms with Crippen LogP contribution in [-0.2, 0) is 4.79 Å². The molecule has 0 saturated carbocycles. The molecule has 0 aliphatic heterocycles. The first-order chi connectivity index (χ1) is 13.4. The Kier molecular flexibility index (Phi) is 5.58. The fraction of sp³-hybridized carbons (Fsp3) is 0.111. The minimum Gasteiger partial charge on any atom is -0.480 e. The first-order valence-corrected chi connectivity index (χ1v) is 8.19. The Morgan fingerprint density at radius 1 is 0.821 bits per heavy atom. The highest BCUT2D eigenvalue weighted by Gasteiger charge is 2.14. The second-order valence-corrected chi connectivity index (χ2v) is 5.77. The van der Waals surface area contributed by atoms with E-state index in [1.165, 1.54) is 55.5 Å². The van der Waals surface area contributed by atoms with Crippen molar-refractivity contribution in [3.05, 3.63) is 60.2 Å². The van der Waals surface area contributed by atoms with Crippen molar-refractivity contribution in [2.75, 3.05) is 16.0 Å². The fourth-order valence-corrected chi connectivity index (χ4v) is 2.13.